The summed E-state index contributed by atoms with van der Waals surface area (Å²) in [7, 11) is 0. The lowest BCUT2D eigenvalue weighted by molar-refractivity contribution is -0.138. The van der Waals surface area contributed by atoms with E-state index in [1.54, 1.807) is 19.2 Å². The van der Waals surface area contributed by atoms with Gasteiger partial charge in [-0.15, -0.1) is 0 Å². The Balaban J connectivity index is 2.64. The zero-order chi connectivity index (χ0) is 12.0. The number of aliphatic carboxylic acids is 1. The van der Waals surface area contributed by atoms with Crippen LogP contribution in [-0.2, 0) is 4.79 Å². The Morgan fingerprint density at radius 3 is 2.94 bits per heavy atom. The Bertz CT molecular complexity index is 355. The molecule has 1 aromatic rings. The number of aryl methyl sites for hydroxylation is 1. The summed E-state index contributed by atoms with van der Waals surface area (Å²) in [5.41, 5.74) is 0. The second-order valence-electron chi connectivity index (χ2n) is 3.67. The number of nitrogens with one attached hydrogen (secondary N) is 1. The van der Waals surface area contributed by atoms with Gasteiger partial charge >= 0.3 is 5.97 Å². The van der Waals surface area contributed by atoms with Crippen molar-refractivity contribution in [3.63, 3.8) is 0 Å². The summed E-state index contributed by atoms with van der Waals surface area (Å²) in [5.74, 6) is 0.352. The van der Waals surface area contributed by atoms with Gasteiger partial charge in [-0.05, 0) is 19.4 Å². The minimum Gasteiger partial charge on any atom is -0.480 e. The lowest BCUT2D eigenvalue weighted by atomic mass is 10.1. The molecule has 0 saturated carbocycles. The minimum absolute atomic E-state index is 0.566. The minimum atomic E-state index is -0.843. The van der Waals surface area contributed by atoms with Crippen LogP contribution in [-0.4, -0.2) is 27.1 Å². The first-order valence-electron chi connectivity index (χ1n) is 5.42. The Hall–Kier alpha value is -1.65. The van der Waals surface area contributed by atoms with E-state index in [0.29, 0.717) is 18.1 Å². The lowest BCUT2D eigenvalue weighted by Crippen LogP contribution is -2.29. The van der Waals surface area contributed by atoms with Gasteiger partial charge in [-0.3, -0.25) is 0 Å². The van der Waals surface area contributed by atoms with Crippen LogP contribution in [0.3, 0.4) is 0 Å². The molecule has 0 aliphatic heterocycles. The molecule has 0 spiro atoms. The van der Waals surface area contributed by atoms with Gasteiger partial charge in [0.15, 0.2) is 0 Å². The van der Waals surface area contributed by atoms with E-state index < -0.39 is 12.0 Å². The van der Waals surface area contributed by atoms with Gasteiger partial charge in [0, 0.05) is 6.20 Å². The average molecular weight is 223 g/mol. The maximum atomic E-state index is 11.0. The molecule has 88 valence electrons. The number of carboxylic acid groups (broad SMARTS) is 1. The SMILES string of the molecule is CCCC[C@H](Nc1ccnc(C)n1)C(=O)O. The van der Waals surface area contributed by atoms with Gasteiger partial charge < -0.3 is 10.4 Å². The fourth-order valence-electron chi connectivity index (χ4n) is 1.38. The van der Waals surface area contributed by atoms with Gasteiger partial charge in [-0.1, -0.05) is 19.8 Å². The molecule has 0 aliphatic rings. The third kappa shape index (κ3) is 3.84. The van der Waals surface area contributed by atoms with Crippen LogP contribution < -0.4 is 5.32 Å². The zero-order valence-corrected chi connectivity index (χ0v) is 9.60. The molecular formula is C11H17N3O2. The van der Waals surface area contributed by atoms with E-state index in [2.05, 4.69) is 15.3 Å². The molecule has 1 rings (SSSR count). The predicted molar refractivity (Wildman–Crippen MR) is 61.3 cm³/mol. The van der Waals surface area contributed by atoms with Crippen molar-refractivity contribution < 1.29 is 9.90 Å². The number of rotatable bonds is 6. The zero-order valence-electron chi connectivity index (χ0n) is 9.60. The number of carbonyl (C=O) groups is 1. The van der Waals surface area contributed by atoms with E-state index in [1.165, 1.54) is 0 Å². The summed E-state index contributed by atoms with van der Waals surface area (Å²) in [6.07, 6.45) is 4.08. The summed E-state index contributed by atoms with van der Waals surface area (Å²) >= 11 is 0. The van der Waals surface area contributed by atoms with Crippen LogP contribution in [0.25, 0.3) is 0 Å². The Labute approximate surface area is 94.9 Å². The van der Waals surface area contributed by atoms with Crippen LogP contribution in [0.2, 0.25) is 0 Å². The van der Waals surface area contributed by atoms with Gasteiger partial charge in [-0.2, -0.15) is 0 Å². The van der Waals surface area contributed by atoms with E-state index in [9.17, 15) is 4.79 Å². The highest BCUT2D eigenvalue weighted by Gasteiger charge is 2.16. The summed E-state index contributed by atoms with van der Waals surface area (Å²) in [6.45, 7) is 3.81. The fraction of sp³-hybridized carbons (Fsp3) is 0.545. The largest absolute Gasteiger partial charge is 0.480 e. The highest BCUT2D eigenvalue weighted by Crippen LogP contribution is 2.09. The predicted octanol–water partition coefficient (Wildman–Crippen LogP) is 1.84. The van der Waals surface area contributed by atoms with Crippen molar-refractivity contribution in [2.75, 3.05) is 5.32 Å². The van der Waals surface area contributed by atoms with Crippen LogP contribution in [0.15, 0.2) is 12.3 Å². The third-order valence-electron chi connectivity index (χ3n) is 2.24. The van der Waals surface area contributed by atoms with Gasteiger partial charge in [0.2, 0.25) is 0 Å². The number of nitrogens with zero attached hydrogens (tertiary/aromatic N) is 2. The lowest BCUT2D eigenvalue weighted by Gasteiger charge is -2.14. The highest BCUT2D eigenvalue weighted by atomic mass is 16.4. The van der Waals surface area contributed by atoms with Gasteiger partial charge in [0.1, 0.15) is 17.7 Å². The van der Waals surface area contributed by atoms with E-state index in [4.69, 9.17) is 5.11 Å². The summed E-state index contributed by atoms with van der Waals surface area (Å²) < 4.78 is 0. The molecule has 5 heteroatoms. The van der Waals surface area contributed by atoms with Crippen molar-refractivity contribution in [3.8, 4) is 0 Å². The molecule has 1 aromatic heterocycles. The van der Waals surface area contributed by atoms with Crippen molar-refractivity contribution >= 4 is 11.8 Å². The second-order valence-corrected chi connectivity index (χ2v) is 3.67. The Morgan fingerprint density at radius 2 is 2.38 bits per heavy atom. The highest BCUT2D eigenvalue weighted by molar-refractivity contribution is 5.76. The molecule has 5 nitrogen and oxygen atoms in total. The normalized spacial score (nSPS) is 12.1. The molecule has 2 N–H and O–H groups in total. The number of unbranched alkanes of at least 4 members (excludes halogenated alkanes) is 1. The maximum Gasteiger partial charge on any atom is 0.326 e. The molecule has 0 saturated heterocycles. The number of hydrogen-bond acceptors (Lipinski definition) is 4. The van der Waals surface area contributed by atoms with Crippen LogP contribution in [0, 0.1) is 6.92 Å². The summed E-state index contributed by atoms with van der Waals surface area (Å²) in [6, 6.07) is 1.10. The fourth-order valence-corrected chi connectivity index (χ4v) is 1.38. The van der Waals surface area contributed by atoms with Crippen molar-refractivity contribution in [1.82, 2.24) is 9.97 Å². The Morgan fingerprint density at radius 1 is 1.62 bits per heavy atom. The van der Waals surface area contributed by atoms with Crippen LogP contribution in [0.4, 0.5) is 5.82 Å². The van der Waals surface area contributed by atoms with Gasteiger partial charge in [0.25, 0.3) is 0 Å². The number of aromatic nitrogens is 2. The molecule has 0 aromatic carbocycles. The summed E-state index contributed by atoms with van der Waals surface area (Å²) in [4.78, 5) is 19.1. The first-order chi connectivity index (χ1) is 7.63. The van der Waals surface area contributed by atoms with Crippen LogP contribution >= 0.6 is 0 Å². The Kier molecular flexibility index (Phi) is 4.69. The van der Waals surface area contributed by atoms with Crippen molar-refractivity contribution in [2.45, 2.75) is 39.2 Å². The second kappa shape index (κ2) is 6.05. The summed E-state index contributed by atoms with van der Waals surface area (Å²) in [5, 5.41) is 11.9. The van der Waals surface area contributed by atoms with E-state index >= 15 is 0 Å². The standard InChI is InChI=1S/C11H17N3O2/c1-3-4-5-9(11(15)16)14-10-6-7-12-8(2)13-10/h6-7,9H,3-5H2,1-2H3,(H,15,16)(H,12,13,14)/t9-/m0/s1. The third-order valence-corrected chi connectivity index (χ3v) is 2.24. The number of hydrogen-bond donors (Lipinski definition) is 2. The van der Waals surface area contributed by atoms with Crippen LogP contribution in [0.1, 0.15) is 32.0 Å². The monoisotopic (exact) mass is 223 g/mol. The first-order valence-corrected chi connectivity index (χ1v) is 5.42. The smallest absolute Gasteiger partial charge is 0.326 e. The number of anilines is 1. The van der Waals surface area contributed by atoms with Crippen molar-refractivity contribution in [2.24, 2.45) is 0 Å². The molecule has 1 heterocycles. The van der Waals surface area contributed by atoms with Crippen LogP contribution in [0.5, 0.6) is 0 Å². The van der Waals surface area contributed by atoms with Crippen molar-refractivity contribution in [3.05, 3.63) is 18.1 Å². The molecule has 0 fully saturated rings. The van der Waals surface area contributed by atoms with Gasteiger partial charge in [-0.25, -0.2) is 14.8 Å². The van der Waals surface area contributed by atoms with Gasteiger partial charge in [0.05, 0.1) is 0 Å². The molecular weight excluding hydrogens is 206 g/mol. The van der Waals surface area contributed by atoms with E-state index in [1.807, 2.05) is 6.92 Å². The van der Waals surface area contributed by atoms with Crippen molar-refractivity contribution in [1.29, 1.82) is 0 Å². The maximum absolute atomic E-state index is 11.0. The number of carboxylic acids is 1. The topological polar surface area (TPSA) is 75.1 Å². The first kappa shape index (κ1) is 12.4. The quantitative estimate of drug-likeness (QED) is 0.769. The van der Waals surface area contributed by atoms with E-state index in [-0.39, 0.29) is 0 Å². The molecule has 0 aliphatic carbocycles. The molecule has 0 radical (unpaired) electrons. The molecule has 16 heavy (non-hydrogen) atoms. The molecule has 1 atom stereocenters. The molecule has 0 unspecified atom stereocenters. The van der Waals surface area contributed by atoms with E-state index in [0.717, 1.165) is 12.8 Å². The average Bonchev–Trinajstić information content (AvgIpc) is 2.24. The molecule has 0 amide bonds. The molecule has 0 bridgehead atoms.